The molecule has 0 heterocycles. The molecule has 0 saturated carbocycles. The zero-order valence-corrected chi connectivity index (χ0v) is 8.40. The van der Waals surface area contributed by atoms with Gasteiger partial charge in [-0.3, -0.25) is 0 Å². The Bertz CT molecular complexity index is 228. The van der Waals surface area contributed by atoms with Crippen LogP contribution in [0.4, 0.5) is 0 Å². The van der Waals surface area contributed by atoms with Gasteiger partial charge >= 0.3 is 0 Å². The lowest BCUT2D eigenvalue weighted by Crippen LogP contribution is -2.15. The quantitative estimate of drug-likeness (QED) is 0.751. The molecule has 1 aromatic carbocycles. The molecular weight excluding hydrogens is 160 g/mol. The smallest absolute Gasteiger partial charge is 0.0566 e. The molecule has 0 aromatic heterocycles. The first kappa shape index (κ1) is 10.3. The van der Waals surface area contributed by atoms with Crippen LogP contribution < -0.4 is 0 Å². The SMILES string of the molecule is CC(C)[C@@H](O)CCc1ccccc1. The molecule has 1 nitrogen and oxygen atoms in total. The van der Waals surface area contributed by atoms with E-state index in [4.69, 9.17) is 0 Å². The third kappa shape index (κ3) is 3.60. The van der Waals surface area contributed by atoms with E-state index < -0.39 is 0 Å². The third-order valence-corrected chi connectivity index (χ3v) is 2.34. The van der Waals surface area contributed by atoms with Crippen LogP contribution in [0.25, 0.3) is 0 Å². The zero-order valence-electron chi connectivity index (χ0n) is 8.40. The number of aryl methyl sites for hydroxylation is 1. The predicted octanol–water partition coefficient (Wildman–Crippen LogP) is 2.64. The lowest BCUT2D eigenvalue weighted by Gasteiger charge is -2.13. The minimum absolute atomic E-state index is 0.166. The van der Waals surface area contributed by atoms with Gasteiger partial charge in [0, 0.05) is 0 Å². The Hall–Kier alpha value is -0.820. The summed E-state index contributed by atoms with van der Waals surface area (Å²) in [5.41, 5.74) is 1.31. The fourth-order valence-electron chi connectivity index (χ4n) is 1.29. The highest BCUT2D eigenvalue weighted by Gasteiger charge is 2.08. The Morgan fingerprint density at radius 3 is 2.31 bits per heavy atom. The van der Waals surface area contributed by atoms with Gasteiger partial charge in [0.05, 0.1) is 6.10 Å². The van der Waals surface area contributed by atoms with Crippen molar-refractivity contribution in [3.05, 3.63) is 35.9 Å². The molecule has 0 aliphatic heterocycles. The van der Waals surface area contributed by atoms with Crippen LogP contribution in [0, 0.1) is 5.92 Å². The van der Waals surface area contributed by atoms with E-state index in [1.807, 2.05) is 18.2 Å². The number of hydrogen-bond donors (Lipinski definition) is 1. The summed E-state index contributed by atoms with van der Waals surface area (Å²) in [7, 11) is 0. The number of benzene rings is 1. The van der Waals surface area contributed by atoms with E-state index in [2.05, 4.69) is 26.0 Å². The monoisotopic (exact) mass is 178 g/mol. The molecule has 1 heteroatoms. The van der Waals surface area contributed by atoms with Crippen molar-refractivity contribution in [2.75, 3.05) is 0 Å². The molecule has 0 unspecified atom stereocenters. The summed E-state index contributed by atoms with van der Waals surface area (Å²) < 4.78 is 0. The second-order valence-corrected chi connectivity index (χ2v) is 3.84. The molecule has 0 spiro atoms. The first-order chi connectivity index (χ1) is 6.20. The van der Waals surface area contributed by atoms with E-state index in [-0.39, 0.29) is 6.10 Å². The summed E-state index contributed by atoms with van der Waals surface area (Å²) in [5.74, 6) is 0.365. The van der Waals surface area contributed by atoms with Gasteiger partial charge in [0.25, 0.3) is 0 Å². The topological polar surface area (TPSA) is 20.2 Å². The van der Waals surface area contributed by atoms with Crippen molar-refractivity contribution in [3.8, 4) is 0 Å². The third-order valence-electron chi connectivity index (χ3n) is 2.34. The van der Waals surface area contributed by atoms with E-state index in [0.29, 0.717) is 5.92 Å². The molecule has 72 valence electrons. The summed E-state index contributed by atoms with van der Waals surface area (Å²) in [5, 5.41) is 9.59. The summed E-state index contributed by atoms with van der Waals surface area (Å²) in [4.78, 5) is 0. The van der Waals surface area contributed by atoms with Gasteiger partial charge in [-0.05, 0) is 24.3 Å². The van der Waals surface area contributed by atoms with Crippen molar-refractivity contribution >= 4 is 0 Å². The molecule has 0 radical (unpaired) electrons. The first-order valence-corrected chi connectivity index (χ1v) is 4.92. The average Bonchev–Trinajstić information content (AvgIpc) is 2.15. The lowest BCUT2D eigenvalue weighted by molar-refractivity contribution is 0.116. The van der Waals surface area contributed by atoms with Gasteiger partial charge in [0.15, 0.2) is 0 Å². The highest BCUT2D eigenvalue weighted by Crippen LogP contribution is 2.10. The molecular formula is C12H18O. The number of aliphatic hydroxyl groups is 1. The van der Waals surface area contributed by atoms with Crippen molar-refractivity contribution in [3.63, 3.8) is 0 Å². The molecule has 1 rings (SSSR count). The molecule has 0 aliphatic rings. The molecule has 0 bridgehead atoms. The largest absolute Gasteiger partial charge is 0.393 e. The van der Waals surface area contributed by atoms with E-state index in [1.54, 1.807) is 0 Å². The molecule has 13 heavy (non-hydrogen) atoms. The maximum atomic E-state index is 9.59. The standard InChI is InChI=1S/C12H18O/c1-10(2)12(13)9-8-11-6-4-3-5-7-11/h3-7,10,12-13H,8-9H2,1-2H3/t12-/m0/s1. The van der Waals surface area contributed by atoms with Crippen LogP contribution >= 0.6 is 0 Å². The van der Waals surface area contributed by atoms with Crippen LogP contribution in [0.5, 0.6) is 0 Å². The minimum atomic E-state index is -0.166. The van der Waals surface area contributed by atoms with Crippen molar-refractivity contribution in [1.82, 2.24) is 0 Å². The molecule has 0 amide bonds. The fraction of sp³-hybridized carbons (Fsp3) is 0.500. The summed E-state index contributed by atoms with van der Waals surface area (Å²) in [6, 6.07) is 10.3. The Labute approximate surface area is 80.4 Å². The van der Waals surface area contributed by atoms with Gasteiger partial charge in [0.1, 0.15) is 0 Å². The van der Waals surface area contributed by atoms with Gasteiger partial charge in [-0.15, -0.1) is 0 Å². The second kappa shape index (κ2) is 5.03. The van der Waals surface area contributed by atoms with Crippen molar-refractivity contribution in [2.45, 2.75) is 32.8 Å². The van der Waals surface area contributed by atoms with Gasteiger partial charge in [-0.2, -0.15) is 0 Å². The van der Waals surface area contributed by atoms with Crippen LogP contribution in [0.2, 0.25) is 0 Å². The van der Waals surface area contributed by atoms with Gasteiger partial charge in [-0.1, -0.05) is 44.2 Å². The molecule has 1 atom stereocenters. The van der Waals surface area contributed by atoms with Crippen LogP contribution in [-0.2, 0) is 6.42 Å². The number of hydrogen-bond acceptors (Lipinski definition) is 1. The van der Waals surface area contributed by atoms with Crippen LogP contribution in [0.15, 0.2) is 30.3 Å². The molecule has 1 aromatic rings. The lowest BCUT2D eigenvalue weighted by atomic mass is 9.99. The first-order valence-electron chi connectivity index (χ1n) is 4.92. The molecule has 0 aliphatic carbocycles. The highest BCUT2D eigenvalue weighted by molar-refractivity contribution is 5.14. The molecule has 1 N–H and O–H groups in total. The number of aliphatic hydroxyl groups excluding tert-OH is 1. The summed E-state index contributed by atoms with van der Waals surface area (Å²) in [6.45, 7) is 4.10. The van der Waals surface area contributed by atoms with Gasteiger partial charge in [-0.25, -0.2) is 0 Å². The van der Waals surface area contributed by atoms with Gasteiger partial charge in [0.2, 0.25) is 0 Å². The maximum Gasteiger partial charge on any atom is 0.0566 e. The van der Waals surface area contributed by atoms with Crippen molar-refractivity contribution in [1.29, 1.82) is 0 Å². The zero-order chi connectivity index (χ0) is 9.68. The Kier molecular flexibility index (Phi) is 3.97. The van der Waals surface area contributed by atoms with Gasteiger partial charge < -0.3 is 5.11 Å². The van der Waals surface area contributed by atoms with Crippen LogP contribution in [0.3, 0.4) is 0 Å². The normalized spacial score (nSPS) is 13.2. The van der Waals surface area contributed by atoms with E-state index >= 15 is 0 Å². The van der Waals surface area contributed by atoms with E-state index in [1.165, 1.54) is 5.56 Å². The van der Waals surface area contributed by atoms with Crippen LogP contribution in [-0.4, -0.2) is 11.2 Å². The highest BCUT2D eigenvalue weighted by atomic mass is 16.3. The Morgan fingerprint density at radius 2 is 1.77 bits per heavy atom. The minimum Gasteiger partial charge on any atom is -0.393 e. The summed E-state index contributed by atoms with van der Waals surface area (Å²) >= 11 is 0. The Morgan fingerprint density at radius 1 is 1.15 bits per heavy atom. The number of rotatable bonds is 4. The van der Waals surface area contributed by atoms with E-state index in [0.717, 1.165) is 12.8 Å². The predicted molar refractivity (Wildman–Crippen MR) is 55.6 cm³/mol. The van der Waals surface area contributed by atoms with E-state index in [9.17, 15) is 5.11 Å². The second-order valence-electron chi connectivity index (χ2n) is 3.84. The summed E-state index contributed by atoms with van der Waals surface area (Å²) in [6.07, 6.45) is 1.67. The Balaban J connectivity index is 2.35. The van der Waals surface area contributed by atoms with Crippen molar-refractivity contribution in [2.24, 2.45) is 5.92 Å². The van der Waals surface area contributed by atoms with Crippen molar-refractivity contribution < 1.29 is 5.11 Å². The molecule has 0 fully saturated rings. The average molecular weight is 178 g/mol. The maximum absolute atomic E-state index is 9.59. The fourth-order valence-corrected chi connectivity index (χ4v) is 1.29. The van der Waals surface area contributed by atoms with Crippen LogP contribution in [0.1, 0.15) is 25.8 Å². The molecule has 0 saturated heterocycles.